The maximum Gasteiger partial charge on any atom is 0.237 e. The van der Waals surface area contributed by atoms with Crippen LogP contribution in [0.4, 0.5) is 11.4 Å². The molecule has 0 aliphatic heterocycles. The molecule has 0 aliphatic carbocycles. The van der Waals surface area contributed by atoms with Gasteiger partial charge in [-0.2, -0.15) is 0 Å². The molecule has 132 valence electrons. The zero-order chi connectivity index (χ0) is 18.2. The SMILES string of the molecule is CCOc1ccccc1NC(=O)C(C)Sc1ccc(NC(C)=O)cc1. The van der Waals surface area contributed by atoms with Crippen LogP contribution < -0.4 is 15.4 Å². The van der Waals surface area contributed by atoms with E-state index in [0.717, 1.165) is 10.6 Å². The highest BCUT2D eigenvalue weighted by Crippen LogP contribution is 2.28. The summed E-state index contributed by atoms with van der Waals surface area (Å²) >= 11 is 1.45. The number of rotatable bonds is 7. The molecule has 5 nitrogen and oxygen atoms in total. The molecule has 0 fully saturated rings. The monoisotopic (exact) mass is 358 g/mol. The van der Waals surface area contributed by atoms with Gasteiger partial charge < -0.3 is 15.4 Å². The largest absolute Gasteiger partial charge is 0.492 e. The predicted octanol–water partition coefficient (Wildman–Crippen LogP) is 4.16. The van der Waals surface area contributed by atoms with E-state index in [-0.39, 0.29) is 17.1 Å². The molecule has 0 heterocycles. The fourth-order valence-electron chi connectivity index (χ4n) is 2.16. The third kappa shape index (κ3) is 5.83. The van der Waals surface area contributed by atoms with Crippen LogP contribution in [0.3, 0.4) is 0 Å². The van der Waals surface area contributed by atoms with Crippen molar-refractivity contribution in [3.63, 3.8) is 0 Å². The molecule has 2 rings (SSSR count). The molecule has 0 aliphatic rings. The molecule has 1 unspecified atom stereocenters. The summed E-state index contributed by atoms with van der Waals surface area (Å²) in [5.74, 6) is 0.458. The van der Waals surface area contributed by atoms with Gasteiger partial charge in [-0.15, -0.1) is 11.8 Å². The van der Waals surface area contributed by atoms with E-state index in [0.29, 0.717) is 18.0 Å². The molecule has 2 N–H and O–H groups in total. The number of amides is 2. The van der Waals surface area contributed by atoms with Crippen molar-refractivity contribution in [2.75, 3.05) is 17.2 Å². The van der Waals surface area contributed by atoms with Gasteiger partial charge >= 0.3 is 0 Å². The molecule has 0 radical (unpaired) electrons. The fourth-order valence-corrected chi connectivity index (χ4v) is 3.03. The first kappa shape index (κ1) is 18.9. The summed E-state index contributed by atoms with van der Waals surface area (Å²) in [6, 6.07) is 14.8. The van der Waals surface area contributed by atoms with Gasteiger partial charge in [0.1, 0.15) is 5.75 Å². The van der Waals surface area contributed by atoms with Crippen LogP contribution in [0.15, 0.2) is 53.4 Å². The van der Waals surface area contributed by atoms with Crippen LogP contribution in [0.2, 0.25) is 0 Å². The lowest BCUT2D eigenvalue weighted by Gasteiger charge is -2.15. The predicted molar refractivity (Wildman–Crippen MR) is 102 cm³/mol. The summed E-state index contributed by atoms with van der Waals surface area (Å²) in [5, 5.41) is 5.35. The summed E-state index contributed by atoms with van der Waals surface area (Å²) in [4.78, 5) is 24.4. The number of thioether (sulfide) groups is 1. The Labute approximate surface area is 152 Å². The summed E-state index contributed by atoms with van der Waals surface area (Å²) in [6.45, 7) is 5.76. The molecule has 0 spiro atoms. The molecular formula is C19H22N2O3S. The van der Waals surface area contributed by atoms with Gasteiger partial charge in [0, 0.05) is 17.5 Å². The van der Waals surface area contributed by atoms with E-state index in [2.05, 4.69) is 10.6 Å². The summed E-state index contributed by atoms with van der Waals surface area (Å²) in [7, 11) is 0. The van der Waals surface area contributed by atoms with Gasteiger partial charge in [0.05, 0.1) is 17.5 Å². The van der Waals surface area contributed by atoms with Crippen molar-refractivity contribution < 1.29 is 14.3 Å². The zero-order valence-electron chi connectivity index (χ0n) is 14.5. The normalized spacial score (nSPS) is 11.5. The van der Waals surface area contributed by atoms with Crippen LogP contribution in [-0.2, 0) is 9.59 Å². The fraction of sp³-hybridized carbons (Fsp3) is 0.263. The van der Waals surface area contributed by atoms with Crippen molar-refractivity contribution in [3.05, 3.63) is 48.5 Å². The van der Waals surface area contributed by atoms with Crippen molar-refractivity contribution >= 4 is 35.0 Å². The van der Waals surface area contributed by atoms with E-state index in [1.165, 1.54) is 18.7 Å². The van der Waals surface area contributed by atoms with Crippen LogP contribution >= 0.6 is 11.8 Å². The second-order valence-corrected chi connectivity index (χ2v) is 6.80. The summed E-state index contributed by atoms with van der Waals surface area (Å²) in [6.07, 6.45) is 0. The Morgan fingerprint density at radius 2 is 1.76 bits per heavy atom. The topological polar surface area (TPSA) is 67.4 Å². The zero-order valence-corrected chi connectivity index (χ0v) is 15.4. The molecule has 6 heteroatoms. The Morgan fingerprint density at radius 1 is 1.08 bits per heavy atom. The number of nitrogens with one attached hydrogen (secondary N) is 2. The standard InChI is InChI=1S/C19H22N2O3S/c1-4-24-18-8-6-5-7-17(18)21-19(23)13(2)25-16-11-9-15(10-12-16)20-14(3)22/h5-13H,4H2,1-3H3,(H,20,22)(H,21,23). The Morgan fingerprint density at radius 3 is 2.40 bits per heavy atom. The van der Waals surface area contributed by atoms with Gasteiger partial charge in [-0.1, -0.05) is 12.1 Å². The Kier molecular flexibility index (Phi) is 6.89. The van der Waals surface area contributed by atoms with Crippen LogP contribution in [0.1, 0.15) is 20.8 Å². The molecular weight excluding hydrogens is 336 g/mol. The quantitative estimate of drug-likeness (QED) is 0.729. The molecule has 25 heavy (non-hydrogen) atoms. The lowest BCUT2D eigenvalue weighted by Crippen LogP contribution is -2.22. The number of hydrogen-bond donors (Lipinski definition) is 2. The lowest BCUT2D eigenvalue weighted by atomic mass is 10.3. The van der Waals surface area contributed by atoms with E-state index in [4.69, 9.17) is 4.74 Å². The van der Waals surface area contributed by atoms with Gasteiger partial charge in [0.2, 0.25) is 11.8 Å². The van der Waals surface area contributed by atoms with E-state index < -0.39 is 0 Å². The number of carbonyl (C=O) groups is 2. The van der Waals surface area contributed by atoms with Gasteiger partial charge in [0.25, 0.3) is 0 Å². The average molecular weight is 358 g/mol. The molecule has 1 atom stereocenters. The van der Waals surface area contributed by atoms with Crippen LogP contribution in [0.5, 0.6) is 5.75 Å². The summed E-state index contributed by atoms with van der Waals surface area (Å²) in [5.41, 5.74) is 1.41. The molecule has 0 saturated heterocycles. The number of ether oxygens (including phenoxy) is 1. The first-order valence-electron chi connectivity index (χ1n) is 8.06. The minimum Gasteiger partial charge on any atom is -0.492 e. The minimum absolute atomic E-state index is 0.0944. The maximum atomic E-state index is 12.4. The first-order valence-corrected chi connectivity index (χ1v) is 8.94. The van der Waals surface area contributed by atoms with Crippen molar-refractivity contribution in [2.24, 2.45) is 0 Å². The van der Waals surface area contributed by atoms with E-state index in [9.17, 15) is 9.59 Å². The molecule has 2 amide bonds. The molecule has 0 saturated carbocycles. The number of hydrogen-bond acceptors (Lipinski definition) is 4. The van der Waals surface area contributed by atoms with Gasteiger partial charge in [-0.05, 0) is 50.2 Å². The highest BCUT2D eigenvalue weighted by molar-refractivity contribution is 8.00. The second kappa shape index (κ2) is 9.13. The van der Waals surface area contributed by atoms with Gasteiger partial charge in [-0.25, -0.2) is 0 Å². The Balaban J connectivity index is 1.97. The van der Waals surface area contributed by atoms with Gasteiger partial charge in [-0.3, -0.25) is 9.59 Å². The first-order chi connectivity index (χ1) is 12.0. The highest BCUT2D eigenvalue weighted by atomic mass is 32.2. The van der Waals surface area contributed by atoms with Gasteiger partial charge in [0.15, 0.2) is 0 Å². The lowest BCUT2D eigenvalue weighted by molar-refractivity contribution is -0.115. The second-order valence-electron chi connectivity index (χ2n) is 5.38. The number of benzene rings is 2. The summed E-state index contributed by atoms with van der Waals surface area (Å²) < 4.78 is 5.52. The molecule has 2 aromatic carbocycles. The highest BCUT2D eigenvalue weighted by Gasteiger charge is 2.16. The Hall–Kier alpha value is -2.47. The van der Waals surface area contributed by atoms with Crippen molar-refractivity contribution in [3.8, 4) is 5.75 Å². The number of carbonyl (C=O) groups excluding carboxylic acids is 2. The smallest absolute Gasteiger partial charge is 0.237 e. The van der Waals surface area contributed by atoms with Crippen LogP contribution in [-0.4, -0.2) is 23.7 Å². The van der Waals surface area contributed by atoms with Crippen molar-refractivity contribution in [1.29, 1.82) is 0 Å². The van der Waals surface area contributed by atoms with E-state index >= 15 is 0 Å². The van der Waals surface area contributed by atoms with Crippen molar-refractivity contribution in [1.82, 2.24) is 0 Å². The number of anilines is 2. The third-order valence-corrected chi connectivity index (χ3v) is 4.41. The Bertz CT molecular complexity index is 732. The molecule has 0 aromatic heterocycles. The molecule has 0 bridgehead atoms. The average Bonchev–Trinajstić information content (AvgIpc) is 2.58. The molecule has 2 aromatic rings. The third-order valence-electron chi connectivity index (χ3n) is 3.30. The van der Waals surface area contributed by atoms with E-state index in [1.54, 1.807) is 0 Å². The van der Waals surface area contributed by atoms with Crippen LogP contribution in [0.25, 0.3) is 0 Å². The maximum absolute atomic E-state index is 12.4. The number of para-hydroxylation sites is 2. The van der Waals surface area contributed by atoms with Crippen LogP contribution in [0, 0.1) is 0 Å². The minimum atomic E-state index is -0.277. The van der Waals surface area contributed by atoms with Crippen molar-refractivity contribution in [2.45, 2.75) is 30.9 Å². The van der Waals surface area contributed by atoms with E-state index in [1.807, 2.05) is 62.4 Å².